The van der Waals surface area contributed by atoms with Gasteiger partial charge in [0.25, 0.3) is 0 Å². The van der Waals surface area contributed by atoms with Gasteiger partial charge >= 0.3 is 0 Å². The van der Waals surface area contributed by atoms with Crippen LogP contribution in [0.4, 0.5) is 0 Å². The van der Waals surface area contributed by atoms with Gasteiger partial charge in [-0.2, -0.15) is 0 Å². The lowest BCUT2D eigenvalue weighted by molar-refractivity contribution is 1.15. The third kappa shape index (κ3) is 5.25. The second-order valence-corrected chi connectivity index (χ2v) is 14.4. The Hall–Kier alpha value is -7.49. The number of hydrogen-bond acceptors (Lipinski definition) is 1. The molecular weight excluding hydrogens is 679 g/mol. The minimum absolute atomic E-state index is 0.952. The first kappa shape index (κ1) is 32.0. The van der Waals surface area contributed by atoms with Gasteiger partial charge in [-0.05, 0) is 70.8 Å². The highest BCUT2D eigenvalue weighted by atomic mass is 15.0. The van der Waals surface area contributed by atoms with Crippen LogP contribution in [0.1, 0.15) is 0 Å². The average molecular weight is 714 g/mol. The maximum absolute atomic E-state index is 5.16. The maximum Gasteiger partial charge on any atom is 0.0788 e. The zero-order chi connectivity index (χ0) is 37.0. The fraction of sp³-hybridized carbons (Fsp3) is 0. The van der Waals surface area contributed by atoms with Crippen molar-refractivity contribution in [1.82, 2.24) is 14.1 Å². The lowest BCUT2D eigenvalue weighted by Gasteiger charge is -2.15. The van der Waals surface area contributed by atoms with E-state index in [-0.39, 0.29) is 0 Å². The number of aromatic nitrogens is 3. The average Bonchev–Trinajstić information content (AvgIpc) is 3.80. The second-order valence-electron chi connectivity index (χ2n) is 14.4. The molecule has 3 heterocycles. The van der Waals surface area contributed by atoms with Gasteiger partial charge in [-0.25, -0.2) is 4.98 Å². The first-order valence-corrected chi connectivity index (χ1v) is 19.1. The fourth-order valence-corrected chi connectivity index (χ4v) is 8.53. The Bertz CT molecular complexity index is 3170. The Morgan fingerprint density at radius 1 is 0.268 bits per heavy atom. The molecule has 0 amide bonds. The molecular formula is C53H35N3. The van der Waals surface area contributed by atoms with Crippen molar-refractivity contribution in [3.63, 3.8) is 0 Å². The van der Waals surface area contributed by atoms with Crippen LogP contribution in [0.25, 0.3) is 99.8 Å². The molecule has 0 radical (unpaired) electrons. The molecule has 0 N–H and O–H groups in total. The normalized spacial score (nSPS) is 11.6. The number of rotatable bonds is 6. The third-order valence-corrected chi connectivity index (χ3v) is 11.1. The van der Waals surface area contributed by atoms with Crippen LogP contribution in [0.3, 0.4) is 0 Å². The van der Waals surface area contributed by atoms with Crippen LogP contribution >= 0.6 is 0 Å². The van der Waals surface area contributed by atoms with E-state index in [1.54, 1.807) is 0 Å². The van der Waals surface area contributed by atoms with Gasteiger partial charge in [-0.1, -0.05) is 164 Å². The van der Waals surface area contributed by atoms with Gasteiger partial charge in [0.2, 0.25) is 0 Å². The van der Waals surface area contributed by atoms with E-state index in [0.29, 0.717) is 0 Å². The lowest BCUT2D eigenvalue weighted by atomic mass is 9.99. The predicted molar refractivity (Wildman–Crippen MR) is 235 cm³/mol. The van der Waals surface area contributed by atoms with E-state index in [4.69, 9.17) is 4.98 Å². The van der Waals surface area contributed by atoms with Crippen LogP contribution in [-0.4, -0.2) is 14.1 Å². The number of para-hydroxylation sites is 2. The molecule has 11 rings (SSSR count). The summed E-state index contributed by atoms with van der Waals surface area (Å²) in [5, 5.41) is 4.92. The number of fused-ring (bicyclic) bond motifs is 7. The Balaban J connectivity index is 1.19. The molecule has 0 aliphatic heterocycles. The molecule has 0 aliphatic carbocycles. The maximum atomic E-state index is 5.16. The molecule has 262 valence electrons. The molecule has 0 fully saturated rings. The van der Waals surface area contributed by atoms with Crippen molar-refractivity contribution < 1.29 is 0 Å². The largest absolute Gasteiger partial charge is 0.307 e. The van der Waals surface area contributed by atoms with Crippen molar-refractivity contribution in [2.24, 2.45) is 0 Å². The summed E-state index contributed by atoms with van der Waals surface area (Å²) in [5.41, 5.74) is 15.7. The molecule has 0 aliphatic rings. The zero-order valence-electron chi connectivity index (χ0n) is 30.5. The Morgan fingerprint density at radius 2 is 0.661 bits per heavy atom. The summed E-state index contributed by atoms with van der Waals surface area (Å²) in [7, 11) is 0. The van der Waals surface area contributed by atoms with Crippen LogP contribution in [0.2, 0.25) is 0 Å². The van der Waals surface area contributed by atoms with Crippen molar-refractivity contribution in [2.75, 3.05) is 0 Å². The van der Waals surface area contributed by atoms with Crippen molar-refractivity contribution in [1.29, 1.82) is 0 Å². The summed E-state index contributed by atoms with van der Waals surface area (Å²) < 4.78 is 4.95. The Morgan fingerprint density at radius 3 is 1.14 bits per heavy atom. The van der Waals surface area contributed by atoms with Crippen LogP contribution in [0.15, 0.2) is 212 Å². The van der Waals surface area contributed by atoms with E-state index >= 15 is 0 Å². The van der Waals surface area contributed by atoms with E-state index in [1.807, 2.05) is 0 Å². The number of nitrogens with zero attached hydrogens (tertiary/aromatic N) is 3. The minimum Gasteiger partial charge on any atom is -0.307 e. The van der Waals surface area contributed by atoms with Gasteiger partial charge in [-0.3, -0.25) is 0 Å². The highest BCUT2D eigenvalue weighted by molar-refractivity contribution is 6.23. The molecule has 0 unspecified atom stereocenters. The summed E-state index contributed by atoms with van der Waals surface area (Å²) in [6.45, 7) is 0. The summed E-state index contributed by atoms with van der Waals surface area (Å²) in [5.74, 6) is 0. The number of hydrogen-bond donors (Lipinski definition) is 0. The molecule has 56 heavy (non-hydrogen) atoms. The molecule has 3 heteroatoms. The highest BCUT2D eigenvalue weighted by Crippen LogP contribution is 2.42. The van der Waals surface area contributed by atoms with Crippen LogP contribution < -0.4 is 0 Å². The second kappa shape index (κ2) is 13.1. The van der Waals surface area contributed by atoms with E-state index in [2.05, 4.69) is 221 Å². The Kier molecular flexibility index (Phi) is 7.49. The summed E-state index contributed by atoms with van der Waals surface area (Å²) in [4.78, 5) is 5.16. The molecule has 0 saturated carbocycles. The SMILES string of the molecule is c1ccc(-c2cccc(-n3c4ccccc4c4ccc5c6ccccc6n(-c6cccc(-c7cc(-c8ccccc8)nc(-c8ccccc8)c7)c6)c5c43)c2)cc1. The summed E-state index contributed by atoms with van der Waals surface area (Å²) in [6, 6.07) is 76.3. The lowest BCUT2D eigenvalue weighted by Crippen LogP contribution is -1.99. The van der Waals surface area contributed by atoms with Gasteiger partial charge in [0, 0.05) is 44.0 Å². The standard InChI is InChI=1S/C53H35N3/c1-4-16-36(17-5-1)39-22-14-24-42(32-39)55-50-28-12-10-26-44(50)46-30-31-47-45-27-11-13-29-51(45)56(53(47)52(46)55)43-25-15-23-40(33-43)41-34-48(37-18-6-2-7-19-37)54-49(35-41)38-20-8-3-9-21-38/h1-35H. The van der Waals surface area contributed by atoms with Crippen LogP contribution in [0, 0.1) is 0 Å². The van der Waals surface area contributed by atoms with Crippen molar-refractivity contribution in [3.8, 4) is 56.1 Å². The molecule has 0 saturated heterocycles. The van der Waals surface area contributed by atoms with Crippen LogP contribution in [-0.2, 0) is 0 Å². The van der Waals surface area contributed by atoms with Gasteiger partial charge in [-0.15, -0.1) is 0 Å². The number of benzene rings is 8. The van der Waals surface area contributed by atoms with Crippen molar-refractivity contribution in [2.45, 2.75) is 0 Å². The third-order valence-electron chi connectivity index (χ3n) is 11.1. The van der Waals surface area contributed by atoms with E-state index in [0.717, 1.165) is 45.0 Å². The van der Waals surface area contributed by atoms with Gasteiger partial charge < -0.3 is 9.13 Å². The van der Waals surface area contributed by atoms with Crippen molar-refractivity contribution in [3.05, 3.63) is 212 Å². The van der Waals surface area contributed by atoms with E-state index in [1.165, 1.54) is 54.7 Å². The monoisotopic (exact) mass is 713 g/mol. The van der Waals surface area contributed by atoms with E-state index in [9.17, 15) is 0 Å². The van der Waals surface area contributed by atoms with Crippen molar-refractivity contribution >= 4 is 43.6 Å². The molecule has 3 nitrogen and oxygen atoms in total. The van der Waals surface area contributed by atoms with Crippen LogP contribution in [0.5, 0.6) is 0 Å². The highest BCUT2D eigenvalue weighted by Gasteiger charge is 2.21. The quantitative estimate of drug-likeness (QED) is 0.168. The summed E-state index contributed by atoms with van der Waals surface area (Å²) in [6.07, 6.45) is 0. The Labute approximate surface area is 325 Å². The summed E-state index contributed by atoms with van der Waals surface area (Å²) >= 11 is 0. The minimum atomic E-state index is 0.952. The van der Waals surface area contributed by atoms with Gasteiger partial charge in [0.05, 0.1) is 33.5 Å². The molecule has 11 aromatic rings. The molecule has 3 aromatic heterocycles. The topological polar surface area (TPSA) is 22.8 Å². The van der Waals surface area contributed by atoms with E-state index < -0.39 is 0 Å². The van der Waals surface area contributed by atoms with Gasteiger partial charge in [0.15, 0.2) is 0 Å². The zero-order valence-corrected chi connectivity index (χ0v) is 30.5. The number of pyridine rings is 1. The molecule has 0 bridgehead atoms. The molecule has 8 aromatic carbocycles. The smallest absolute Gasteiger partial charge is 0.0788 e. The molecule has 0 spiro atoms. The first-order valence-electron chi connectivity index (χ1n) is 19.1. The molecule has 0 atom stereocenters. The predicted octanol–water partition coefficient (Wildman–Crippen LogP) is 13.9. The van der Waals surface area contributed by atoms with Gasteiger partial charge in [0.1, 0.15) is 0 Å². The fourth-order valence-electron chi connectivity index (χ4n) is 8.53. The first-order chi connectivity index (χ1) is 27.8.